The van der Waals surface area contributed by atoms with Crippen LogP contribution in [-0.2, 0) is 12.6 Å². The lowest BCUT2D eigenvalue weighted by molar-refractivity contribution is -0.141. The van der Waals surface area contributed by atoms with Crippen molar-refractivity contribution in [3.8, 4) is 0 Å². The number of nitrogens with zero attached hydrogens (tertiary/aromatic N) is 1. The zero-order chi connectivity index (χ0) is 15.0. The van der Waals surface area contributed by atoms with Crippen LogP contribution < -0.4 is 5.32 Å². The van der Waals surface area contributed by atoms with Gasteiger partial charge in [0, 0.05) is 6.42 Å². The van der Waals surface area contributed by atoms with Gasteiger partial charge in [-0.3, -0.25) is 0 Å². The lowest BCUT2D eigenvalue weighted by atomic mass is 10.1. The fourth-order valence-electron chi connectivity index (χ4n) is 2.58. The molecule has 0 spiro atoms. The third-order valence-electron chi connectivity index (χ3n) is 3.55. The maximum Gasteiger partial charge on any atom is 0.433 e. The smallest absolute Gasteiger partial charge is 0.390 e. The largest absolute Gasteiger partial charge is 0.433 e. The maximum atomic E-state index is 12.7. The lowest BCUT2D eigenvalue weighted by Crippen LogP contribution is -2.22. The number of anilines is 1. The predicted molar refractivity (Wildman–Crippen MR) is 71.8 cm³/mol. The summed E-state index contributed by atoms with van der Waals surface area (Å²) in [6.07, 6.45) is -4.69. The average Bonchev–Trinajstić information content (AvgIpc) is 2.75. The second kappa shape index (κ2) is 5.04. The number of aliphatic hydroxyl groups is 1. The molecule has 1 aliphatic rings. The van der Waals surface area contributed by atoms with Crippen molar-refractivity contribution in [1.82, 2.24) is 4.98 Å². The van der Waals surface area contributed by atoms with Crippen LogP contribution in [0.15, 0.2) is 42.5 Å². The van der Waals surface area contributed by atoms with E-state index in [4.69, 9.17) is 0 Å². The van der Waals surface area contributed by atoms with E-state index in [1.807, 2.05) is 24.3 Å². The predicted octanol–water partition coefficient (Wildman–Crippen LogP) is 3.17. The highest BCUT2D eigenvalue weighted by molar-refractivity contribution is 5.45. The molecule has 2 atom stereocenters. The highest BCUT2D eigenvalue weighted by Crippen LogP contribution is 2.34. The van der Waals surface area contributed by atoms with Crippen LogP contribution in [0.3, 0.4) is 0 Å². The van der Waals surface area contributed by atoms with Crippen molar-refractivity contribution in [1.29, 1.82) is 0 Å². The molecule has 1 aliphatic carbocycles. The number of hydrogen-bond acceptors (Lipinski definition) is 3. The molecule has 3 rings (SSSR count). The summed E-state index contributed by atoms with van der Waals surface area (Å²) in [6, 6.07) is 10.7. The standard InChI is InChI=1S/C15H13F3N2O/c16-15(17,18)12-6-3-7-13(19-12)20-14-10-5-2-1-4-9(10)8-11(14)21/h1-7,11,14,21H,8H2,(H,19,20)/t11-,14+/m1/s1. The number of rotatable bonds is 2. The van der Waals surface area contributed by atoms with E-state index in [1.54, 1.807) is 0 Å². The van der Waals surface area contributed by atoms with Gasteiger partial charge in [-0.05, 0) is 23.3 Å². The molecule has 0 aliphatic heterocycles. The van der Waals surface area contributed by atoms with Gasteiger partial charge in [0.15, 0.2) is 0 Å². The van der Waals surface area contributed by atoms with Crippen molar-refractivity contribution in [3.63, 3.8) is 0 Å². The second-order valence-electron chi connectivity index (χ2n) is 5.00. The Labute approximate surface area is 119 Å². The van der Waals surface area contributed by atoms with Crippen molar-refractivity contribution in [3.05, 3.63) is 59.3 Å². The van der Waals surface area contributed by atoms with Gasteiger partial charge >= 0.3 is 6.18 Å². The number of hydrogen-bond donors (Lipinski definition) is 2. The van der Waals surface area contributed by atoms with E-state index in [1.165, 1.54) is 12.1 Å². The van der Waals surface area contributed by atoms with Crippen LogP contribution in [0.25, 0.3) is 0 Å². The zero-order valence-corrected chi connectivity index (χ0v) is 10.9. The average molecular weight is 294 g/mol. The summed E-state index contributed by atoms with van der Waals surface area (Å²) in [5.41, 5.74) is 0.937. The first-order valence-electron chi connectivity index (χ1n) is 6.52. The Morgan fingerprint density at radius 1 is 1.10 bits per heavy atom. The maximum absolute atomic E-state index is 12.7. The van der Waals surface area contributed by atoms with Gasteiger partial charge in [-0.25, -0.2) is 4.98 Å². The van der Waals surface area contributed by atoms with E-state index >= 15 is 0 Å². The van der Waals surface area contributed by atoms with Crippen molar-refractivity contribution in [2.75, 3.05) is 5.32 Å². The van der Waals surface area contributed by atoms with E-state index in [0.29, 0.717) is 6.42 Å². The van der Waals surface area contributed by atoms with Crippen molar-refractivity contribution in [2.45, 2.75) is 24.7 Å². The first-order valence-corrected chi connectivity index (χ1v) is 6.52. The molecule has 2 aromatic rings. The molecule has 0 bridgehead atoms. The van der Waals surface area contributed by atoms with Crippen molar-refractivity contribution in [2.24, 2.45) is 0 Å². The number of aromatic nitrogens is 1. The second-order valence-corrected chi connectivity index (χ2v) is 5.00. The Kier molecular flexibility index (Phi) is 3.33. The molecule has 6 heteroatoms. The summed E-state index contributed by atoms with van der Waals surface area (Å²) in [4.78, 5) is 3.57. The summed E-state index contributed by atoms with van der Waals surface area (Å²) in [6.45, 7) is 0. The molecular weight excluding hydrogens is 281 g/mol. The molecule has 0 amide bonds. The SMILES string of the molecule is O[C@@H]1Cc2ccccc2[C@@H]1Nc1cccc(C(F)(F)F)n1. The summed E-state index contributed by atoms with van der Waals surface area (Å²) in [7, 11) is 0. The third-order valence-corrected chi connectivity index (χ3v) is 3.55. The van der Waals surface area contributed by atoms with Gasteiger partial charge in [0.2, 0.25) is 0 Å². The zero-order valence-electron chi connectivity index (χ0n) is 10.9. The molecule has 0 saturated heterocycles. The Balaban J connectivity index is 1.88. The minimum Gasteiger partial charge on any atom is -0.390 e. The molecule has 1 heterocycles. The number of benzene rings is 1. The Bertz CT molecular complexity index is 657. The Morgan fingerprint density at radius 3 is 2.62 bits per heavy atom. The van der Waals surface area contributed by atoms with Crippen LogP contribution in [-0.4, -0.2) is 16.2 Å². The van der Waals surface area contributed by atoms with Crippen molar-refractivity contribution >= 4 is 5.82 Å². The molecule has 0 radical (unpaired) electrons. The summed E-state index contributed by atoms with van der Waals surface area (Å²) in [5.74, 6) is 0.102. The molecule has 2 N–H and O–H groups in total. The Morgan fingerprint density at radius 2 is 1.86 bits per heavy atom. The first-order chi connectivity index (χ1) is 9.95. The molecule has 3 nitrogen and oxygen atoms in total. The topological polar surface area (TPSA) is 45.1 Å². The van der Waals surface area contributed by atoms with Crippen LogP contribution in [0.5, 0.6) is 0 Å². The number of halogens is 3. The monoisotopic (exact) mass is 294 g/mol. The number of pyridine rings is 1. The van der Waals surface area contributed by atoms with Crippen LogP contribution >= 0.6 is 0 Å². The molecule has 1 aromatic heterocycles. The number of nitrogens with one attached hydrogen (secondary N) is 1. The van der Waals surface area contributed by atoms with Gasteiger partial charge in [-0.1, -0.05) is 30.3 Å². The molecule has 1 aromatic carbocycles. The number of fused-ring (bicyclic) bond motifs is 1. The van der Waals surface area contributed by atoms with Gasteiger partial charge in [-0.15, -0.1) is 0 Å². The highest BCUT2D eigenvalue weighted by atomic mass is 19.4. The molecule has 21 heavy (non-hydrogen) atoms. The number of alkyl halides is 3. The third kappa shape index (κ3) is 2.71. The van der Waals surface area contributed by atoms with Crippen LogP contribution in [0.2, 0.25) is 0 Å². The molecule has 0 saturated carbocycles. The van der Waals surface area contributed by atoms with Crippen LogP contribution in [0, 0.1) is 0 Å². The van der Waals surface area contributed by atoms with E-state index in [2.05, 4.69) is 10.3 Å². The van der Waals surface area contributed by atoms with Gasteiger partial charge in [0.25, 0.3) is 0 Å². The van der Waals surface area contributed by atoms with Gasteiger partial charge in [-0.2, -0.15) is 13.2 Å². The normalized spacial score (nSPS) is 21.1. The summed E-state index contributed by atoms with van der Waals surface area (Å²) >= 11 is 0. The lowest BCUT2D eigenvalue weighted by Gasteiger charge is -2.19. The molecule has 110 valence electrons. The quantitative estimate of drug-likeness (QED) is 0.894. The fraction of sp³-hybridized carbons (Fsp3) is 0.267. The van der Waals surface area contributed by atoms with E-state index < -0.39 is 24.0 Å². The first kappa shape index (κ1) is 13.9. The van der Waals surface area contributed by atoms with Crippen LogP contribution in [0.4, 0.5) is 19.0 Å². The fourth-order valence-corrected chi connectivity index (χ4v) is 2.58. The molecule has 0 fully saturated rings. The minimum absolute atomic E-state index is 0.102. The molecule has 0 unspecified atom stereocenters. The van der Waals surface area contributed by atoms with E-state index in [-0.39, 0.29) is 5.82 Å². The Hall–Kier alpha value is -2.08. The van der Waals surface area contributed by atoms with Gasteiger partial charge in [0.1, 0.15) is 11.5 Å². The van der Waals surface area contributed by atoms with E-state index in [9.17, 15) is 18.3 Å². The number of aliphatic hydroxyl groups excluding tert-OH is 1. The highest BCUT2D eigenvalue weighted by Gasteiger charge is 2.34. The summed E-state index contributed by atoms with van der Waals surface area (Å²) < 4.78 is 38.0. The van der Waals surface area contributed by atoms with Crippen molar-refractivity contribution < 1.29 is 18.3 Å². The minimum atomic E-state index is -4.48. The van der Waals surface area contributed by atoms with E-state index in [0.717, 1.165) is 17.2 Å². The summed E-state index contributed by atoms with van der Waals surface area (Å²) in [5, 5.41) is 13.0. The molecular formula is C15H13F3N2O. The van der Waals surface area contributed by atoms with Gasteiger partial charge in [0.05, 0.1) is 12.1 Å². The van der Waals surface area contributed by atoms with Gasteiger partial charge < -0.3 is 10.4 Å². The van der Waals surface area contributed by atoms with Crippen LogP contribution in [0.1, 0.15) is 22.9 Å².